The summed E-state index contributed by atoms with van der Waals surface area (Å²) in [4.78, 5) is 25.8. The van der Waals surface area contributed by atoms with Gasteiger partial charge in [-0.3, -0.25) is 9.78 Å². The van der Waals surface area contributed by atoms with Gasteiger partial charge in [0.15, 0.2) is 0 Å². The first-order valence-electron chi connectivity index (χ1n) is 8.30. The molecule has 2 N–H and O–H groups in total. The average Bonchev–Trinajstić information content (AvgIpc) is 3.42. The molecule has 1 atom stereocenters. The van der Waals surface area contributed by atoms with Gasteiger partial charge in [0.05, 0.1) is 29.3 Å². The van der Waals surface area contributed by atoms with Gasteiger partial charge < -0.3 is 15.0 Å². The van der Waals surface area contributed by atoms with E-state index in [0.717, 1.165) is 18.4 Å². The van der Waals surface area contributed by atoms with Gasteiger partial charge in [0.2, 0.25) is 0 Å². The quantitative estimate of drug-likeness (QED) is 0.756. The lowest BCUT2D eigenvalue weighted by atomic mass is 10.1. The summed E-state index contributed by atoms with van der Waals surface area (Å²) in [6.07, 6.45) is 4.75. The van der Waals surface area contributed by atoms with E-state index in [2.05, 4.69) is 20.3 Å². The maximum atomic E-state index is 12.5. The predicted molar refractivity (Wildman–Crippen MR) is 95.3 cm³/mol. The van der Waals surface area contributed by atoms with E-state index in [1.54, 1.807) is 32.3 Å². The van der Waals surface area contributed by atoms with E-state index < -0.39 is 6.10 Å². The molecule has 0 spiro atoms. The van der Waals surface area contributed by atoms with Crippen LogP contribution >= 0.6 is 0 Å². The minimum atomic E-state index is -0.615. The van der Waals surface area contributed by atoms with Gasteiger partial charge in [-0.1, -0.05) is 0 Å². The number of nitrogens with one attached hydrogen (secondary N) is 1. The van der Waals surface area contributed by atoms with Gasteiger partial charge in [0.1, 0.15) is 11.2 Å². The third-order valence-corrected chi connectivity index (χ3v) is 4.33. The fourth-order valence-corrected chi connectivity index (χ4v) is 2.70. The molecule has 4 rings (SSSR count). The molecule has 0 saturated heterocycles. The fraction of sp³-hybridized carbons (Fsp3) is 0.333. The molecule has 1 unspecified atom stereocenters. The van der Waals surface area contributed by atoms with Crippen molar-refractivity contribution in [2.24, 2.45) is 7.05 Å². The smallest absolute Gasteiger partial charge is 0.264 e. The lowest BCUT2D eigenvalue weighted by Crippen LogP contribution is -2.19. The lowest BCUT2D eigenvalue weighted by Gasteiger charge is -2.11. The average molecular weight is 337 g/mol. The van der Waals surface area contributed by atoms with Crippen molar-refractivity contribution >= 4 is 16.7 Å². The van der Waals surface area contributed by atoms with Gasteiger partial charge >= 0.3 is 0 Å². The Labute approximate surface area is 144 Å². The number of aromatic nitrogens is 4. The van der Waals surface area contributed by atoms with Crippen molar-refractivity contribution in [2.75, 3.05) is 5.32 Å². The summed E-state index contributed by atoms with van der Waals surface area (Å²) in [6.45, 7) is 1.67. The van der Waals surface area contributed by atoms with E-state index in [9.17, 15) is 9.90 Å². The van der Waals surface area contributed by atoms with Gasteiger partial charge in [-0.25, -0.2) is 9.97 Å². The molecule has 0 bridgehead atoms. The molecule has 3 heterocycles. The number of hydrogen-bond acceptors (Lipinski definition) is 6. The number of nitrogens with zero attached hydrogens (tertiary/aromatic N) is 4. The summed E-state index contributed by atoms with van der Waals surface area (Å²) in [5.74, 6) is 0.573. The topological polar surface area (TPSA) is 92.9 Å². The number of aliphatic hydroxyl groups excluding tert-OH is 1. The van der Waals surface area contributed by atoms with E-state index >= 15 is 0 Å². The van der Waals surface area contributed by atoms with Gasteiger partial charge in [-0.05, 0) is 38.0 Å². The monoisotopic (exact) mass is 337 g/mol. The lowest BCUT2D eigenvalue weighted by molar-refractivity contribution is 0.194. The molecule has 1 fully saturated rings. The Balaban J connectivity index is 1.87. The molecule has 1 saturated carbocycles. The van der Waals surface area contributed by atoms with Crippen molar-refractivity contribution in [2.45, 2.75) is 31.9 Å². The zero-order chi connectivity index (χ0) is 17.6. The van der Waals surface area contributed by atoms with E-state index in [-0.39, 0.29) is 5.56 Å². The molecule has 3 aromatic rings. The second-order valence-corrected chi connectivity index (χ2v) is 6.48. The summed E-state index contributed by atoms with van der Waals surface area (Å²) >= 11 is 0. The minimum absolute atomic E-state index is 0.116. The van der Waals surface area contributed by atoms with Crippen molar-refractivity contribution in [3.05, 3.63) is 46.8 Å². The Kier molecular flexibility index (Phi) is 3.73. The molecule has 0 aliphatic heterocycles. The van der Waals surface area contributed by atoms with Crippen LogP contribution in [-0.2, 0) is 7.05 Å². The zero-order valence-electron chi connectivity index (χ0n) is 14.1. The molecule has 3 aromatic heterocycles. The van der Waals surface area contributed by atoms with Crippen molar-refractivity contribution < 1.29 is 5.11 Å². The van der Waals surface area contributed by atoms with E-state index in [1.807, 2.05) is 6.07 Å². The number of fused-ring (bicyclic) bond motifs is 1. The molecular formula is C18H19N5O2. The van der Waals surface area contributed by atoms with E-state index in [1.165, 1.54) is 10.9 Å². The highest BCUT2D eigenvalue weighted by Gasteiger charge is 2.24. The summed E-state index contributed by atoms with van der Waals surface area (Å²) in [7, 11) is 1.68. The number of aryl methyl sites for hydroxylation is 1. The zero-order valence-corrected chi connectivity index (χ0v) is 14.1. The van der Waals surface area contributed by atoms with Crippen molar-refractivity contribution in [1.82, 2.24) is 19.5 Å². The predicted octanol–water partition coefficient (Wildman–Crippen LogP) is 2.02. The highest BCUT2D eigenvalue weighted by molar-refractivity contribution is 5.91. The second kappa shape index (κ2) is 5.93. The van der Waals surface area contributed by atoms with Crippen LogP contribution in [0.15, 0.2) is 35.5 Å². The molecule has 1 aliphatic carbocycles. The summed E-state index contributed by atoms with van der Waals surface area (Å²) < 4.78 is 1.46. The van der Waals surface area contributed by atoms with Gasteiger partial charge in [-0.2, -0.15) is 0 Å². The van der Waals surface area contributed by atoms with Crippen molar-refractivity contribution in [3.8, 4) is 11.3 Å². The van der Waals surface area contributed by atoms with Gasteiger partial charge in [0, 0.05) is 24.8 Å². The number of pyridine rings is 2. The Hall–Kier alpha value is -2.80. The van der Waals surface area contributed by atoms with Gasteiger partial charge in [0.25, 0.3) is 5.56 Å². The van der Waals surface area contributed by atoms with Crippen LogP contribution < -0.4 is 10.9 Å². The standard InChI is InChI=1S/C18H19N5O2/c1-10(24)13-6-3-11(8-19-13)14-7-15-16(18(25)23(2)9-20-15)17(22-14)21-12-4-5-12/h3,6-10,12,24H,4-5H2,1-2H3,(H,21,22). The highest BCUT2D eigenvalue weighted by atomic mass is 16.3. The van der Waals surface area contributed by atoms with Crippen molar-refractivity contribution in [1.29, 1.82) is 0 Å². The number of rotatable bonds is 4. The van der Waals surface area contributed by atoms with E-state index in [0.29, 0.717) is 34.2 Å². The van der Waals surface area contributed by atoms with Crippen LogP contribution in [0.5, 0.6) is 0 Å². The maximum absolute atomic E-state index is 12.5. The maximum Gasteiger partial charge on any atom is 0.264 e. The van der Waals surface area contributed by atoms with Crippen LogP contribution in [0, 0.1) is 0 Å². The first-order chi connectivity index (χ1) is 12.0. The Bertz CT molecular complexity index is 991. The van der Waals surface area contributed by atoms with Crippen molar-refractivity contribution in [3.63, 3.8) is 0 Å². The molecule has 7 heteroatoms. The first-order valence-corrected chi connectivity index (χ1v) is 8.30. The molecule has 0 radical (unpaired) electrons. The molecule has 7 nitrogen and oxygen atoms in total. The summed E-state index contributed by atoms with van der Waals surface area (Å²) in [5.41, 5.74) is 2.60. The summed E-state index contributed by atoms with van der Waals surface area (Å²) in [6, 6.07) is 5.81. The molecule has 25 heavy (non-hydrogen) atoms. The van der Waals surface area contributed by atoms with Crippen LogP contribution in [0.25, 0.3) is 22.2 Å². The van der Waals surface area contributed by atoms with Gasteiger partial charge in [-0.15, -0.1) is 0 Å². The molecule has 128 valence electrons. The number of aliphatic hydroxyl groups is 1. The van der Waals surface area contributed by atoms with Crippen LogP contribution in [0.4, 0.5) is 5.82 Å². The fourth-order valence-electron chi connectivity index (χ4n) is 2.70. The molecule has 0 aromatic carbocycles. The molecular weight excluding hydrogens is 318 g/mol. The molecule has 0 amide bonds. The SMILES string of the molecule is CC(O)c1ccc(-c2cc3ncn(C)c(=O)c3c(NC3CC3)n2)cn1. The Morgan fingerprint density at radius 1 is 1.32 bits per heavy atom. The number of anilines is 1. The number of hydrogen-bond donors (Lipinski definition) is 2. The molecule has 1 aliphatic rings. The normalized spacial score (nSPS) is 15.3. The van der Waals surface area contributed by atoms with Crippen LogP contribution in [0.3, 0.4) is 0 Å². The Morgan fingerprint density at radius 2 is 2.12 bits per heavy atom. The Morgan fingerprint density at radius 3 is 2.76 bits per heavy atom. The van der Waals surface area contributed by atoms with Crippen LogP contribution in [0.2, 0.25) is 0 Å². The third kappa shape index (κ3) is 2.98. The minimum Gasteiger partial charge on any atom is -0.387 e. The summed E-state index contributed by atoms with van der Waals surface area (Å²) in [5, 5.41) is 13.4. The van der Waals surface area contributed by atoms with Crippen LogP contribution in [0.1, 0.15) is 31.6 Å². The van der Waals surface area contributed by atoms with E-state index in [4.69, 9.17) is 0 Å². The second-order valence-electron chi connectivity index (χ2n) is 6.48. The third-order valence-electron chi connectivity index (χ3n) is 4.33. The first kappa shape index (κ1) is 15.7. The largest absolute Gasteiger partial charge is 0.387 e. The highest BCUT2D eigenvalue weighted by Crippen LogP contribution is 2.29. The van der Waals surface area contributed by atoms with Crippen LogP contribution in [-0.4, -0.2) is 30.7 Å².